The maximum atomic E-state index is 11.9. The van der Waals surface area contributed by atoms with Crippen LogP contribution in [0, 0.1) is 0 Å². The molecule has 1 fully saturated rings. The Bertz CT molecular complexity index is 499. The van der Waals surface area contributed by atoms with Gasteiger partial charge in [0, 0.05) is 13.1 Å². The Morgan fingerprint density at radius 3 is 2.60 bits per heavy atom. The maximum absolute atomic E-state index is 11.9. The maximum Gasteiger partial charge on any atom is 0.253 e. The van der Waals surface area contributed by atoms with Crippen molar-refractivity contribution >= 4 is 23.4 Å². The molecule has 1 aromatic carbocycles. The summed E-state index contributed by atoms with van der Waals surface area (Å²) < 4.78 is 0. The molecule has 108 valence electrons. The van der Waals surface area contributed by atoms with Crippen LogP contribution in [-0.2, 0) is 4.79 Å². The Kier molecular flexibility index (Phi) is 4.98. The lowest BCUT2D eigenvalue weighted by Gasteiger charge is -2.29. The lowest BCUT2D eigenvalue weighted by molar-refractivity contribution is -0.132. The first-order valence-electron chi connectivity index (χ1n) is 6.56. The van der Waals surface area contributed by atoms with E-state index in [1.807, 2.05) is 0 Å². The van der Waals surface area contributed by atoms with E-state index in [4.69, 9.17) is 11.6 Å². The zero-order chi connectivity index (χ0) is 14.5. The Morgan fingerprint density at radius 2 is 1.95 bits per heavy atom. The van der Waals surface area contributed by atoms with Gasteiger partial charge < -0.3 is 15.3 Å². The Labute approximate surface area is 122 Å². The monoisotopic (exact) mass is 296 g/mol. The number of amides is 2. The number of piperidine rings is 1. The van der Waals surface area contributed by atoms with E-state index in [1.165, 1.54) is 0 Å². The first-order valence-corrected chi connectivity index (χ1v) is 6.94. The molecule has 0 bridgehead atoms. The van der Waals surface area contributed by atoms with Gasteiger partial charge >= 0.3 is 0 Å². The number of benzene rings is 1. The van der Waals surface area contributed by atoms with Gasteiger partial charge in [-0.1, -0.05) is 23.7 Å². The van der Waals surface area contributed by atoms with E-state index in [-0.39, 0.29) is 24.5 Å². The summed E-state index contributed by atoms with van der Waals surface area (Å²) in [6, 6.07) is 6.70. The lowest BCUT2D eigenvalue weighted by Crippen LogP contribution is -2.45. The van der Waals surface area contributed by atoms with E-state index < -0.39 is 0 Å². The van der Waals surface area contributed by atoms with Gasteiger partial charge in [-0.2, -0.15) is 0 Å². The van der Waals surface area contributed by atoms with Crippen LogP contribution >= 0.6 is 11.6 Å². The molecule has 2 rings (SSSR count). The number of halogens is 1. The van der Waals surface area contributed by atoms with Crippen LogP contribution < -0.4 is 5.32 Å². The molecule has 1 heterocycles. The normalized spacial score (nSPS) is 16.0. The molecular weight excluding hydrogens is 280 g/mol. The molecule has 0 aromatic heterocycles. The number of aliphatic hydroxyl groups is 1. The van der Waals surface area contributed by atoms with Crippen LogP contribution in [-0.4, -0.2) is 47.6 Å². The fourth-order valence-corrected chi connectivity index (χ4v) is 2.35. The highest BCUT2D eigenvalue weighted by molar-refractivity contribution is 6.33. The van der Waals surface area contributed by atoms with Gasteiger partial charge in [-0.3, -0.25) is 9.59 Å². The van der Waals surface area contributed by atoms with E-state index in [0.29, 0.717) is 36.5 Å². The fraction of sp³-hybridized carbons (Fsp3) is 0.429. The lowest BCUT2D eigenvalue weighted by atomic mass is 10.1. The minimum absolute atomic E-state index is 0.0554. The van der Waals surface area contributed by atoms with Crippen molar-refractivity contribution in [2.75, 3.05) is 19.6 Å². The molecule has 6 heteroatoms. The van der Waals surface area contributed by atoms with Crippen molar-refractivity contribution in [2.45, 2.75) is 18.9 Å². The molecular formula is C14H17ClN2O3. The first-order chi connectivity index (χ1) is 9.58. The smallest absolute Gasteiger partial charge is 0.253 e. The number of aliphatic hydroxyl groups excluding tert-OH is 1. The van der Waals surface area contributed by atoms with Crippen LogP contribution in [0.25, 0.3) is 0 Å². The number of carbonyl (C=O) groups excluding carboxylic acids is 2. The summed E-state index contributed by atoms with van der Waals surface area (Å²) in [5.41, 5.74) is 0.357. The molecule has 1 aliphatic rings. The largest absolute Gasteiger partial charge is 0.393 e. The predicted molar refractivity (Wildman–Crippen MR) is 75.6 cm³/mol. The number of nitrogens with one attached hydrogen (secondary N) is 1. The van der Waals surface area contributed by atoms with Crippen molar-refractivity contribution in [1.29, 1.82) is 0 Å². The second-order valence-electron chi connectivity index (χ2n) is 4.77. The molecule has 0 spiro atoms. The molecule has 5 nitrogen and oxygen atoms in total. The van der Waals surface area contributed by atoms with Crippen molar-refractivity contribution in [3.05, 3.63) is 34.9 Å². The van der Waals surface area contributed by atoms with E-state index >= 15 is 0 Å². The predicted octanol–water partition coefficient (Wildman–Crippen LogP) is 1.05. The highest BCUT2D eigenvalue weighted by atomic mass is 35.5. The van der Waals surface area contributed by atoms with Gasteiger partial charge in [0.05, 0.1) is 23.2 Å². The Balaban J connectivity index is 1.84. The van der Waals surface area contributed by atoms with Gasteiger partial charge in [-0.15, -0.1) is 0 Å². The number of hydrogen-bond donors (Lipinski definition) is 2. The summed E-state index contributed by atoms with van der Waals surface area (Å²) in [5.74, 6) is -0.502. The van der Waals surface area contributed by atoms with Crippen LogP contribution in [0.1, 0.15) is 23.2 Å². The molecule has 2 N–H and O–H groups in total. The molecule has 1 aliphatic heterocycles. The van der Waals surface area contributed by atoms with Crippen LogP contribution in [0.4, 0.5) is 0 Å². The second-order valence-corrected chi connectivity index (χ2v) is 5.18. The van der Waals surface area contributed by atoms with Gasteiger partial charge in [0.25, 0.3) is 5.91 Å². The van der Waals surface area contributed by atoms with E-state index in [9.17, 15) is 14.7 Å². The SMILES string of the molecule is O=C(NCC(=O)N1CCC(O)CC1)c1ccccc1Cl. The molecule has 0 aliphatic carbocycles. The summed E-state index contributed by atoms with van der Waals surface area (Å²) in [5, 5.41) is 12.3. The van der Waals surface area contributed by atoms with Gasteiger partial charge in [-0.05, 0) is 25.0 Å². The van der Waals surface area contributed by atoms with Gasteiger partial charge in [0.15, 0.2) is 0 Å². The number of nitrogens with zero attached hydrogens (tertiary/aromatic N) is 1. The van der Waals surface area contributed by atoms with Crippen molar-refractivity contribution in [3.8, 4) is 0 Å². The quantitative estimate of drug-likeness (QED) is 0.876. The number of rotatable bonds is 3. The Hall–Kier alpha value is -1.59. The number of likely N-dealkylation sites (tertiary alicyclic amines) is 1. The molecule has 2 amide bonds. The van der Waals surface area contributed by atoms with Crippen LogP contribution in [0.3, 0.4) is 0 Å². The van der Waals surface area contributed by atoms with E-state index in [0.717, 1.165) is 0 Å². The highest BCUT2D eigenvalue weighted by Crippen LogP contribution is 2.14. The van der Waals surface area contributed by atoms with Crippen molar-refractivity contribution < 1.29 is 14.7 Å². The van der Waals surface area contributed by atoms with Crippen LogP contribution in [0.5, 0.6) is 0 Å². The molecule has 0 unspecified atom stereocenters. The molecule has 1 saturated heterocycles. The fourth-order valence-electron chi connectivity index (χ4n) is 2.12. The van der Waals surface area contributed by atoms with Gasteiger partial charge in [0.2, 0.25) is 5.91 Å². The van der Waals surface area contributed by atoms with Crippen LogP contribution in [0.15, 0.2) is 24.3 Å². The zero-order valence-corrected chi connectivity index (χ0v) is 11.8. The summed E-state index contributed by atoms with van der Waals surface area (Å²) in [6.07, 6.45) is 0.853. The third kappa shape index (κ3) is 3.71. The standard InChI is InChI=1S/C14H17ClN2O3/c15-12-4-2-1-3-11(12)14(20)16-9-13(19)17-7-5-10(18)6-8-17/h1-4,10,18H,5-9H2,(H,16,20). The minimum Gasteiger partial charge on any atom is -0.393 e. The third-order valence-corrected chi connectivity index (χ3v) is 3.67. The minimum atomic E-state index is -0.360. The Morgan fingerprint density at radius 1 is 1.30 bits per heavy atom. The summed E-state index contributed by atoms with van der Waals surface area (Å²) in [4.78, 5) is 25.5. The topological polar surface area (TPSA) is 69.6 Å². The third-order valence-electron chi connectivity index (χ3n) is 3.34. The van der Waals surface area contributed by atoms with Crippen molar-refractivity contribution in [2.24, 2.45) is 0 Å². The average molecular weight is 297 g/mol. The summed E-state index contributed by atoms with van der Waals surface area (Å²) in [7, 11) is 0. The van der Waals surface area contributed by atoms with Gasteiger partial charge in [0.1, 0.15) is 0 Å². The first kappa shape index (κ1) is 14.8. The van der Waals surface area contributed by atoms with Crippen LogP contribution in [0.2, 0.25) is 5.02 Å². The summed E-state index contributed by atoms with van der Waals surface area (Å²) >= 11 is 5.92. The van der Waals surface area contributed by atoms with E-state index in [1.54, 1.807) is 29.2 Å². The molecule has 0 radical (unpaired) electrons. The number of carbonyl (C=O) groups is 2. The van der Waals surface area contributed by atoms with E-state index in [2.05, 4.69) is 5.32 Å². The zero-order valence-electron chi connectivity index (χ0n) is 11.0. The average Bonchev–Trinajstić information content (AvgIpc) is 2.45. The molecule has 20 heavy (non-hydrogen) atoms. The second kappa shape index (κ2) is 6.72. The summed E-state index contributed by atoms with van der Waals surface area (Å²) in [6.45, 7) is 1.00. The van der Waals surface area contributed by atoms with Crippen molar-refractivity contribution in [1.82, 2.24) is 10.2 Å². The molecule has 0 atom stereocenters. The number of hydrogen-bond acceptors (Lipinski definition) is 3. The highest BCUT2D eigenvalue weighted by Gasteiger charge is 2.21. The molecule has 0 saturated carbocycles. The van der Waals surface area contributed by atoms with Crippen molar-refractivity contribution in [3.63, 3.8) is 0 Å². The molecule has 1 aromatic rings. The van der Waals surface area contributed by atoms with Gasteiger partial charge in [-0.25, -0.2) is 0 Å².